The summed E-state index contributed by atoms with van der Waals surface area (Å²) >= 11 is 1.26. The first-order chi connectivity index (χ1) is 12.3. The van der Waals surface area contributed by atoms with Crippen molar-refractivity contribution in [3.8, 4) is 0 Å². The molecular formula is C17H23N3O4S2. The first kappa shape index (κ1) is 19.2. The summed E-state index contributed by atoms with van der Waals surface area (Å²) in [5.41, 5.74) is 0.968. The van der Waals surface area contributed by atoms with E-state index in [1.165, 1.54) is 44.4 Å². The van der Waals surface area contributed by atoms with Gasteiger partial charge in [0.05, 0.1) is 10.1 Å². The third-order valence-electron chi connectivity index (χ3n) is 4.41. The standard InChI is InChI=1S/C17H23N3O4S2/c1-12(16(21)20-9-5-4-6-10-20)25-17-18-14-11-13(7-8-15(14)24-17)26(22,23)19(2)3/h7-8,11-12H,4-6,9-10H2,1-3H3/t12-/m1/s1. The zero-order chi connectivity index (χ0) is 18.9. The molecule has 0 bridgehead atoms. The second-order valence-corrected chi connectivity index (χ2v) is 9.99. The molecule has 26 heavy (non-hydrogen) atoms. The van der Waals surface area contributed by atoms with Gasteiger partial charge < -0.3 is 9.32 Å². The van der Waals surface area contributed by atoms with Gasteiger partial charge in [0.15, 0.2) is 5.58 Å². The van der Waals surface area contributed by atoms with Gasteiger partial charge in [-0.3, -0.25) is 4.79 Å². The van der Waals surface area contributed by atoms with E-state index in [1.54, 1.807) is 6.07 Å². The van der Waals surface area contributed by atoms with Gasteiger partial charge in [-0.25, -0.2) is 17.7 Å². The molecule has 9 heteroatoms. The molecule has 7 nitrogen and oxygen atoms in total. The van der Waals surface area contributed by atoms with Gasteiger partial charge in [-0.05, 0) is 44.4 Å². The van der Waals surface area contributed by atoms with Crippen LogP contribution < -0.4 is 0 Å². The van der Waals surface area contributed by atoms with Gasteiger partial charge in [0, 0.05) is 27.2 Å². The molecule has 1 aromatic heterocycles. The number of hydrogen-bond donors (Lipinski definition) is 0. The Kier molecular flexibility index (Phi) is 5.59. The lowest BCUT2D eigenvalue weighted by atomic mass is 10.1. The third-order valence-corrected chi connectivity index (χ3v) is 7.15. The molecule has 0 saturated carbocycles. The van der Waals surface area contributed by atoms with Crippen molar-refractivity contribution in [2.45, 2.75) is 41.6 Å². The Morgan fingerprint density at radius 1 is 1.27 bits per heavy atom. The van der Waals surface area contributed by atoms with Crippen molar-refractivity contribution in [3.63, 3.8) is 0 Å². The van der Waals surface area contributed by atoms with Gasteiger partial charge in [0.1, 0.15) is 5.52 Å². The van der Waals surface area contributed by atoms with Crippen LogP contribution in [0.15, 0.2) is 32.7 Å². The summed E-state index contributed by atoms with van der Waals surface area (Å²) in [6, 6.07) is 4.59. The summed E-state index contributed by atoms with van der Waals surface area (Å²) in [6.45, 7) is 3.46. The lowest BCUT2D eigenvalue weighted by molar-refractivity contribution is -0.131. The molecule has 0 radical (unpaired) electrons. The molecule has 2 heterocycles. The summed E-state index contributed by atoms with van der Waals surface area (Å²) < 4.78 is 31.3. The molecule has 0 unspecified atom stereocenters. The molecule has 3 rings (SSSR count). The monoisotopic (exact) mass is 397 g/mol. The normalized spacial score (nSPS) is 17.0. The highest BCUT2D eigenvalue weighted by Crippen LogP contribution is 2.29. The molecule has 1 aliphatic rings. The number of benzene rings is 1. The zero-order valence-electron chi connectivity index (χ0n) is 15.1. The molecule has 0 N–H and O–H groups in total. The van der Waals surface area contributed by atoms with Gasteiger partial charge in [0.2, 0.25) is 15.9 Å². The van der Waals surface area contributed by atoms with Gasteiger partial charge in [-0.1, -0.05) is 11.8 Å². The van der Waals surface area contributed by atoms with Crippen molar-refractivity contribution in [2.75, 3.05) is 27.2 Å². The van der Waals surface area contributed by atoms with Crippen LogP contribution in [0.25, 0.3) is 11.1 Å². The van der Waals surface area contributed by atoms with Crippen LogP contribution in [0.2, 0.25) is 0 Å². The Labute approximate surface area is 157 Å². The van der Waals surface area contributed by atoms with Crippen LogP contribution in [0.5, 0.6) is 0 Å². The number of amides is 1. The lowest BCUT2D eigenvalue weighted by Gasteiger charge is -2.28. The summed E-state index contributed by atoms with van der Waals surface area (Å²) in [7, 11) is -0.559. The van der Waals surface area contributed by atoms with Gasteiger partial charge in [-0.15, -0.1) is 0 Å². The van der Waals surface area contributed by atoms with E-state index < -0.39 is 10.0 Å². The van der Waals surface area contributed by atoms with Crippen molar-refractivity contribution in [1.82, 2.24) is 14.2 Å². The van der Waals surface area contributed by atoms with E-state index in [0.29, 0.717) is 16.3 Å². The Hall–Kier alpha value is -1.58. The predicted octanol–water partition coefficient (Wildman–Crippen LogP) is 2.57. The van der Waals surface area contributed by atoms with Crippen LogP contribution in [0.1, 0.15) is 26.2 Å². The molecule has 1 saturated heterocycles. The van der Waals surface area contributed by atoms with Crippen LogP contribution in [0, 0.1) is 0 Å². The fourth-order valence-corrected chi connectivity index (χ4v) is 4.64. The van der Waals surface area contributed by atoms with Crippen molar-refractivity contribution in [1.29, 1.82) is 0 Å². The topological polar surface area (TPSA) is 83.7 Å². The first-order valence-corrected chi connectivity index (χ1v) is 10.9. The molecule has 1 fully saturated rings. The molecule has 1 aromatic carbocycles. The smallest absolute Gasteiger partial charge is 0.257 e. The fourth-order valence-electron chi connectivity index (χ4n) is 2.88. The van der Waals surface area contributed by atoms with Crippen LogP contribution >= 0.6 is 11.8 Å². The molecular weight excluding hydrogens is 374 g/mol. The highest BCUT2D eigenvalue weighted by molar-refractivity contribution is 8.00. The number of fused-ring (bicyclic) bond motifs is 1. The van der Waals surface area contributed by atoms with E-state index in [1.807, 2.05) is 11.8 Å². The summed E-state index contributed by atoms with van der Waals surface area (Å²) in [5.74, 6) is 0.0906. The minimum absolute atomic E-state index is 0.0906. The van der Waals surface area contributed by atoms with Crippen molar-refractivity contribution < 1.29 is 17.6 Å². The Morgan fingerprint density at radius 2 is 1.96 bits per heavy atom. The van der Waals surface area contributed by atoms with Gasteiger partial charge in [0.25, 0.3) is 5.22 Å². The maximum absolute atomic E-state index is 12.5. The van der Waals surface area contributed by atoms with E-state index in [9.17, 15) is 13.2 Å². The minimum Gasteiger partial charge on any atom is -0.431 e. The second-order valence-electron chi connectivity index (χ2n) is 6.54. The van der Waals surface area contributed by atoms with Crippen LogP contribution in [0.3, 0.4) is 0 Å². The maximum Gasteiger partial charge on any atom is 0.257 e. The van der Waals surface area contributed by atoms with E-state index in [0.717, 1.165) is 30.2 Å². The lowest BCUT2D eigenvalue weighted by Crippen LogP contribution is -2.40. The van der Waals surface area contributed by atoms with Crippen molar-refractivity contribution in [3.05, 3.63) is 18.2 Å². The number of piperidine rings is 1. The van der Waals surface area contributed by atoms with Crippen LogP contribution in [-0.2, 0) is 14.8 Å². The number of hydrogen-bond acceptors (Lipinski definition) is 6. The number of oxazole rings is 1. The third kappa shape index (κ3) is 3.89. The molecule has 1 amide bonds. The molecule has 0 spiro atoms. The highest BCUT2D eigenvalue weighted by Gasteiger charge is 2.25. The summed E-state index contributed by atoms with van der Waals surface area (Å²) in [5, 5.41) is 0.0726. The summed E-state index contributed by atoms with van der Waals surface area (Å²) in [4.78, 5) is 18.9. The maximum atomic E-state index is 12.5. The number of carbonyl (C=O) groups is 1. The number of nitrogens with zero attached hydrogens (tertiary/aromatic N) is 3. The minimum atomic E-state index is -3.53. The average molecular weight is 398 g/mol. The quantitative estimate of drug-likeness (QED) is 0.721. The highest BCUT2D eigenvalue weighted by atomic mass is 32.2. The largest absolute Gasteiger partial charge is 0.431 e. The van der Waals surface area contributed by atoms with Crippen molar-refractivity contribution in [2.24, 2.45) is 0 Å². The SMILES string of the molecule is C[C@@H](Sc1nc2cc(S(=O)(=O)N(C)C)ccc2o1)C(=O)N1CCCCC1. The number of aromatic nitrogens is 1. The number of likely N-dealkylation sites (tertiary alicyclic amines) is 1. The molecule has 142 valence electrons. The van der Waals surface area contributed by atoms with Crippen molar-refractivity contribution >= 4 is 38.8 Å². The van der Waals surface area contributed by atoms with E-state index in [4.69, 9.17) is 4.42 Å². The van der Waals surface area contributed by atoms with Gasteiger partial charge in [-0.2, -0.15) is 0 Å². The molecule has 1 aliphatic heterocycles. The van der Waals surface area contributed by atoms with E-state index in [2.05, 4.69) is 4.98 Å². The Bertz CT molecular complexity index is 902. The molecule has 1 atom stereocenters. The Morgan fingerprint density at radius 3 is 2.62 bits per heavy atom. The van der Waals surface area contributed by atoms with E-state index in [-0.39, 0.29) is 16.1 Å². The Balaban J connectivity index is 1.77. The average Bonchev–Trinajstić information content (AvgIpc) is 3.02. The fraction of sp³-hybridized carbons (Fsp3) is 0.529. The number of carbonyl (C=O) groups excluding carboxylic acids is 1. The first-order valence-electron chi connectivity index (χ1n) is 8.57. The van der Waals surface area contributed by atoms with E-state index >= 15 is 0 Å². The van der Waals surface area contributed by atoms with Gasteiger partial charge >= 0.3 is 0 Å². The van der Waals surface area contributed by atoms with Crippen LogP contribution in [0.4, 0.5) is 0 Å². The molecule has 0 aliphatic carbocycles. The summed E-state index contributed by atoms with van der Waals surface area (Å²) in [6.07, 6.45) is 3.28. The van der Waals surface area contributed by atoms with Crippen LogP contribution in [-0.4, -0.2) is 60.9 Å². The molecule has 2 aromatic rings. The number of thioether (sulfide) groups is 1. The number of sulfonamides is 1. The second kappa shape index (κ2) is 7.58. The predicted molar refractivity (Wildman–Crippen MR) is 101 cm³/mol. The number of rotatable bonds is 5. The zero-order valence-corrected chi connectivity index (χ0v) is 16.8.